The molecule has 0 radical (unpaired) electrons. The van der Waals surface area contributed by atoms with Crippen molar-refractivity contribution in [2.45, 2.75) is 20.3 Å². The first kappa shape index (κ1) is 12.1. The van der Waals surface area contributed by atoms with E-state index in [2.05, 4.69) is 29.3 Å². The molecule has 1 aromatic heterocycles. The maximum Gasteiger partial charge on any atom is 0.253 e. The van der Waals surface area contributed by atoms with Gasteiger partial charge in [0.1, 0.15) is 11.0 Å². The van der Waals surface area contributed by atoms with Crippen LogP contribution < -0.4 is 0 Å². The van der Waals surface area contributed by atoms with Gasteiger partial charge in [-0.15, -0.1) is 0 Å². The fourth-order valence-electron chi connectivity index (χ4n) is 2.98. The first-order chi connectivity index (χ1) is 9.13. The zero-order valence-corrected chi connectivity index (χ0v) is 11.3. The summed E-state index contributed by atoms with van der Waals surface area (Å²) in [7, 11) is 0. The number of nitrogens with one attached hydrogen (secondary N) is 1. The summed E-state index contributed by atoms with van der Waals surface area (Å²) in [6, 6.07) is 5.48. The number of carbonyl (C=O) groups is 1. The fourth-order valence-corrected chi connectivity index (χ4v) is 2.98. The summed E-state index contributed by atoms with van der Waals surface area (Å²) in [4.78, 5) is 14.5. The van der Waals surface area contributed by atoms with Crippen LogP contribution in [-0.2, 0) is 0 Å². The van der Waals surface area contributed by atoms with E-state index in [9.17, 15) is 4.79 Å². The van der Waals surface area contributed by atoms with Gasteiger partial charge in [0, 0.05) is 18.7 Å². The van der Waals surface area contributed by atoms with E-state index in [0.29, 0.717) is 17.4 Å². The average Bonchev–Trinajstić information content (AvgIpc) is 2.83. The molecule has 1 N–H and O–H groups in total. The van der Waals surface area contributed by atoms with Crippen molar-refractivity contribution in [2.75, 3.05) is 13.1 Å². The van der Waals surface area contributed by atoms with Crippen LogP contribution in [0.25, 0.3) is 11.0 Å². The Morgan fingerprint density at radius 3 is 2.63 bits per heavy atom. The minimum absolute atomic E-state index is 0.100. The van der Waals surface area contributed by atoms with Crippen LogP contribution in [-0.4, -0.2) is 39.3 Å². The Hall–Kier alpha value is -1.91. The second-order valence-corrected chi connectivity index (χ2v) is 5.68. The van der Waals surface area contributed by atoms with Crippen LogP contribution in [0.1, 0.15) is 30.6 Å². The number of hydrogen-bond donors (Lipinski definition) is 1. The quantitative estimate of drug-likeness (QED) is 0.851. The number of H-pyrrole nitrogens is 1. The number of hydrogen-bond acceptors (Lipinski definition) is 3. The largest absolute Gasteiger partial charge is 0.338 e. The van der Waals surface area contributed by atoms with Gasteiger partial charge in [-0.2, -0.15) is 15.4 Å². The van der Waals surface area contributed by atoms with Gasteiger partial charge in [-0.3, -0.25) is 4.79 Å². The molecule has 0 spiro atoms. The number of rotatable bonds is 1. The van der Waals surface area contributed by atoms with Crippen molar-refractivity contribution in [3.63, 3.8) is 0 Å². The number of nitrogens with zero attached hydrogens (tertiary/aromatic N) is 3. The van der Waals surface area contributed by atoms with E-state index in [-0.39, 0.29) is 5.91 Å². The Kier molecular flexibility index (Phi) is 2.97. The summed E-state index contributed by atoms with van der Waals surface area (Å²) < 4.78 is 0. The molecule has 5 heteroatoms. The average molecular weight is 258 g/mol. The SMILES string of the molecule is CC1CC(C)CN(C(=O)c2ccc3n[nH]nc3c2)C1. The van der Waals surface area contributed by atoms with Crippen LogP contribution in [0.4, 0.5) is 0 Å². The number of amides is 1. The van der Waals surface area contributed by atoms with E-state index in [1.165, 1.54) is 6.42 Å². The number of aromatic nitrogens is 3. The van der Waals surface area contributed by atoms with Crippen LogP contribution in [0.5, 0.6) is 0 Å². The van der Waals surface area contributed by atoms with Gasteiger partial charge in [-0.05, 0) is 36.5 Å². The molecule has 1 saturated heterocycles. The summed E-state index contributed by atoms with van der Waals surface area (Å²) in [6.07, 6.45) is 1.20. The highest BCUT2D eigenvalue weighted by atomic mass is 16.2. The Morgan fingerprint density at radius 2 is 1.89 bits per heavy atom. The minimum atomic E-state index is 0.100. The number of benzene rings is 1. The molecule has 1 aliphatic rings. The van der Waals surface area contributed by atoms with Crippen molar-refractivity contribution in [1.29, 1.82) is 0 Å². The molecule has 1 aromatic carbocycles. The molecule has 2 aromatic rings. The first-order valence-corrected chi connectivity index (χ1v) is 6.73. The molecule has 2 atom stereocenters. The maximum atomic E-state index is 12.5. The van der Waals surface area contributed by atoms with Crippen molar-refractivity contribution in [3.8, 4) is 0 Å². The van der Waals surface area contributed by atoms with Gasteiger partial charge in [0.25, 0.3) is 5.91 Å². The monoisotopic (exact) mass is 258 g/mol. The number of likely N-dealkylation sites (tertiary alicyclic amines) is 1. The van der Waals surface area contributed by atoms with Crippen molar-refractivity contribution in [2.24, 2.45) is 11.8 Å². The molecule has 1 aliphatic heterocycles. The minimum Gasteiger partial charge on any atom is -0.338 e. The lowest BCUT2D eigenvalue weighted by atomic mass is 9.91. The maximum absolute atomic E-state index is 12.5. The van der Waals surface area contributed by atoms with Crippen LogP contribution in [0.15, 0.2) is 18.2 Å². The zero-order valence-electron chi connectivity index (χ0n) is 11.3. The molecular formula is C14H18N4O. The second kappa shape index (κ2) is 4.64. The van der Waals surface area contributed by atoms with E-state index in [1.807, 2.05) is 23.1 Å². The summed E-state index contributed by atoms with van der Waals surface area (Å²) >= 11 is 0. The number of fused-ring (bicyclic) bond motifs is 1. The van der Waals surface area contributed by atoms with Gasteiger partial charge < -0.3 is 4.90 Å². The third kappa shape index (κ3) is 2.32. The predicted molar refractivity (Wildman–Crippen MR) is 72.7 cm³/mol. The molecule has 0 saturated carbocycles. The molecule has 2 heterocycles. The molecule has 100 valence electrons. The smallest absolute Gasteiger partial charge is 0.253 e. The number of carbonyl (C=O) groups excluding carboxylic acids is 1. The van der Waals surface area contributed by atoms with Crippen molar-refractivity contribution in [3.05, 3.63) is 23.8 Å². The van der Waals surface area contributed by atoms with Gasteiger partial charge in [-0.1, -0.05) is 13.8 Å². The summed E-state index contributed by atoms with van der Waals surface area (Å²) in [5.41, 5.74) is 2.23. The first-order valence-electron chi connectivity index (χ1n) is 6.73. The van der Waals surface area contributed by atoms with Gasteiger partial charge >= 0.3 is 0 Å². The molecule has 2 unspecified atom stereocenters. The van der Waals surface area contributed by atoms with Gasteiger partial charge in [0.05, 0.1) is 0 Å². The van der Waals surface area contributed by atoms with Gasteiger partial charge in [0.2, 0.25) is 0 Å². The Bertz CT molecular complexity index is 596. The highest BCUT2D eigenvalue weighted by molar-refractivity contribution is 5.97. The van der Waals surface area contributed by atoms with Crippen molar-refractivity contribution >= 4 is 16.9 Å². The van der Waals surface area contributed by atoms with Crippen LogP contribution in [0, 0.1) is 11.8 Å². The third-order valence-electron chi connectivity index (χ3n) is 3.72. The van der Waals surface area contributed by atoms with Crippen LogP contribution in [0.3, 0.4) is 0 Å². The highest BCUT2D eigenvalue weighted by Crippen LogP contribution is 2.23. The third-order valence-corrected chi connectivity index (χ3v) is 3.72. The molecule has 3 rings (SSSR count). The lowest BCUT2D eigenvalue weighted by Gasteiger charge is -2.35. The number of piperidine rings is 1. The van der Waals surface area contributed by atoms with E-state index < -0.39 is 0 Å². The Morgan fingerprint density at radius 1 is 1.21 bits per heavy atom. The molecule has 1 amide bonds. The van der Waals surface area contributed by atoms with Crippen LogP contribution >= 0.6 is 0 Å². The van der Waals surface area contributed by atoms with E-state index in [0.717, 1.165) is 24.1 Å². The molecule has 1 fully saturated rings. The highest BCUT2D eigenvalue weighted by Gasteiger charge is 2.26. The van der Waals surface area contributed by atoms with E-state index >= 15 is 0 Å². The summed E-state index contributed by atoms with van der Waals surface area (Å²) in [6.45, 7) is 6.10. The van der Waals surface area contributed by atoms with Gasteiger partial charge in [-0.25, -0.2) is 0 Å². The van der Waals surface area contributed by atoms with Crippen molar-refractivity contribution < 1.29 is 4.79 Å². The zero-order chi connectivity index (χ0) is 13.4. The van der Waals surface area contributed by atoms with Gasteiger partial charge in [0.15, 0.2) is 0 Å². The Balaban J connectivity index is 1.86. The summed E-state index contributed by atoms with van der Waals surface area (Å²) in [5, 5.41) is 10.6. The molecule has 19 heavy (non-hydrogen) atoms. The predicted octanol–water partition coefficient (Wildman–Crippen LogP) is 2.08. The molecule has 0 bridgehead atoms. The molecule has 0 aliphatic carbocycles. The standard InChI is InChI=1S/C14H18N4O/c1-9-5-10(2)8-18(7-9)14(19)11-3-4-12-13(6-11)16-17-15-12/h3-4,6,9-10H,5,7-8H2,1-2H3,(H,15,16,17). The van der Waals surface area contributed by atoms with E-state index in [4.69, 9.17) is 0 Å². The Labute approximate surface area is 112 Å². The lowest BCUT2D eigenvalue weighted by Crippen LogP contribution is -2.42. The van der Waals surface area contributed by atoms with Crippen molar-refractivity contribution in [1.82, 2.24) is 20.3 Å². The summed E-state index contributed by atoms with van der Waals surface area (Å²) in [5.74, 6) is 1.25. The van der Waals surface area contributed by atoms with Crippen LogP contribution in [0.2, 0.25) is 0 Å². The number of aromatic amines is 1. The molecule has 5 nitrogen and oxygen atoms in total. The van der Waals surface area contributed by atoms with E-state index in [1.54, 1.807) is 0 Å². The topological polar surface area (TPSA) is 61.9 Å². The normalized spacial score (nSPS) is 23.8. The fraction of sp³-hybridized carbons (Fsp3) is 0.500. The second-order valence-electron chi connectivity index (χ2n) is 5.68. The molecular weight excluding hydrogens is 240 g/mol. The lowest BCUT2D eigenvalue weighted by molar-refractivity contribution is 0.0623.